The van der Waals surface area contributed by atoms with Crippen molar-refractivity contribution in [3.63, 3.8) is 0 Å². The van der Waals surface area contributed by atoms with Crippen LogP contribution in [0.25, 0.3) is 22.4 Å². The third-order valence-electron chi connectivity index (χ3n) is 4.33. The molecule has 1 aromatic heterocycles. The summed E-state index contributed by atoms with van der Waals surface area (Å²) in [4.78, 5) is 15.5. The van der Waals surface area contributed by atoms with Gasteiger partial charge in [0.25, 0.3) is 5.56 Å². The number of nitrogens with one attached hydrogen (secondary N) is 1. The summed E-state index contributed by atoms with van der Waals surface area (Å²) in [6, 6.07) is 17.1. The van der Waals surface area contributed by atoms with Gasteiger partial charge in [0.2, 0.25) is 0 Å². The molecule has 0 unspecified atom stereocenters. The van der Waals surface area contributed by atoms with Crippen LogP contribution in [0.3, 0.4) is 0 Å². The molecule has 0 saturated heterocycles. The number of H-pyrrole nitrogens is 1. The summed E-state index contributed by atoms with van der Waals surface area (Å²) in [7, 11) is 0. The highest BCUT2D eigenvalue weighted by atomic mass is 16.5. The Morgan fingerprint density at radius 2 is 1.79 bits per heavy atom. The molecule has 28 heavy (non-hydrogen) atoms. The lowest BCUT2D eigenvalue weighted by Gasteiger charge is -2.15. The summed E-state index contributed by atoms with van der Waals surface area (Å²) in [5, 5.41) is 9.62. The fourth-order valence-electron chi connectivity index (χ4n) is 3.11. The van der Waals surface area contributed by atoms with Gasteiger partial charge in [0.15, 0.2) is 0 Å². The van der Waals surface area contributed by atoms with Gasteiger partial charge < -0.3 is 14.5 Å². The Labute approximate surface area is 164 Å². The van der Waals surface area contributed by atoms with Gasteiger partial charge in [0, 0.05) is 16.8 Å². The van der Waals surface area contributed by atoms with E-state index in [4.69, 9.17) is 9.47 Å². The van der Waals surface area contributed by atoms with Crippen molar-refractivity contribution in [2.45, 2.75) is 20.8 Å². The van der Waals surface area contributed by atoms with E-state index in [1.165, 1.54) is 0 Å². The molecule has 3 aromatic rings. The zero-order valence-corrected chi connectivity index (χ0v) is 16.2. The van der Waals surface area contributed by atoms with E-state index in [1.54, 1.807) is 6.07 Å². The standard InChI is InChI=1S/C23H22N2O3/c1-4-27-17-9-10-22(28-5-2)19(12-17)18-13-21(25-23(26)20(18)14-24)16-8-6-7-15(3)11-16/h6-13H,4-5H2,1-3H3,(H,25,26). The van der Waals surface area contributed by atoms with Gasteiger partial charge in [-0.05, 0) is 56.7 Å². The minimum Gasteiger partial charge on any atom is -0.494 e. The molecule has 0 aliphatic heterocycles. The molecule has 1 heterocycles. The average molecular weight is 374 g/mol. The first-order valence-electron chi connectivity index (χ1n) is 9.21. The number of ether oxygens (including phenoxy) is 2. The summed E-state index contributed by atoms with van der Waals surface area (Å²) in [6.45, 7) is 6.77. The van der Waals surface area contributed by atoms with E-state index >= 15 is 0 Å². The summed E-state index contributed by atoms with van der Waals surface area (Å²) < 4.78 is 11.4. The molecule has 0 radical (unpaired) electrons. The van der Waals surface area contributed by atoms with Crippen LogP contribution < -0.4 is 15.0 Å². The molecule has 0 aliphatic carbocycles. The number of rotatable bonds is 6. The van der Waals surface area contributed by atoms with Gasteiger partial charge in [0.05, 0.1) is 13.2 Å². The van der Waals surface area contributed by atoms with Gasteiger partial charge in [-0.25, -0.2) is 0 Å². The third-order valence-corrected chi connectivity index (χ3v) is 4.33. The zero-order valence-electron chi connectivity index (χ0n) is 16.2. The van der Waals surface area contributed by atoms with E-state index in [2.05, 4.69) is 4.98 Å². The molecule has 5 nitrogen and oxygen atoms in total. The predicted octanol–water partition coefficient (Wildman–Crippen LogP) is 4.69. The number of benzene rings is 2. The van der Waals surface area contributed by atoms with E-state index in [-0.39, 0.29) is 5.56 Å². The molecule has 0 aliphatic rings. The Balaban J connectivity index is 2.27. The van der Waals surface area contributed by atoms with E-state index in [0.717, 1.165) is 11.1 Å². The second kappa shape index (κ2) is 8.45. The summed E-state index contributed by atoms with van der Waals surface area (Å²) in [5.74, 6) is 1.26. The van der Waals surface area contributed by atoms with Crippen LogP contribution in [0.2, 0.25) is 0 Å². The number of nitriles is 1. The minimum absolute atomic E-state index is 0.0472. The zero-order chi connectivity index (χ0) is 20.1. The lowest BCUT2D eigenvalue weighted by atomic mass is 9.97. The van der Waals surface area contributed by atoms with Crippen LogP contribution in [0.15, 0.2) is 53.3 Å². The van der Waals surface area contributed by atoms with Crippen LogP contribution in [0.1, 0.15) is 25.0 Å². The highest BCUT2D eigenvalue weighted by molar-refractivity contribution is 5.80. The first-order chi connectivity index (χ1) is 13.6. The number of hydrogen-bond donors (Lipinski definition) is 1. The Morgan fingerprint density at radius 1 is 1.00 bits per heavy atom. The number of aromatic nitrogens is 1. The molecular formula is C23H22N2O3. The van der Waals surface area contributed by atoms with Gasteiger partial charge in [-0.3, -0.25) is 4.79 Å². The van der Waals surface area contributed by atoms with Crippen LogP contribution in [0, 0.1) is 18.3 Å². The smallest absolute Gasteiger partial charge is 0.266 e. The van der Waals surface area contributed by atoms with Crippen LogP contribution in [0.5, 0.6) is 11.5 Å². The molecule has 0 saturated carbocycles. The summed E-state index contributed by atoms with van der Waals surface area (Å²) in [5.41, 5.74) is 3.40. The first kappa shape index (κ1) is 19.2. The molecule has 2 aromatic carbocycles. The van der Waals surface area contributed by atoms with Crippen LogP contribution >= 0.6 is 0 Å². The van der Waals surface area contributed by atoms with Crippen molar-refractivity contribution in [1.29, 1.82) is 5.26 Å². The second-order valence-electron chi connectivity index (χ2n) is 6.31. The highest BCUT2D eigenvalue weighted by Crippen LogP contribution is 2.36. The molecule has 0 fully saturated rings. The van der Waals surface area contributed by atoms with Gasteiger partial charge in [-0.2, -0.15) is 5.26 Å². The number of pyridine rings is 1. The lowest BCUT2D eigenvalue weighted by molar-refractivity contribution is 0.331. The van der Waals surface area contributed by atoms with Crippen LogP contribution in [-0.2, 0) is 0 Å². The Bertz CT molecular complexity index is 1090. The predicted molar refractivity (Wildman–Crippen MR) is 110 cm³/mol. The van der Waals surface area contributed by atoms with Crippen molar-refractivity contribution in [1.82, 2.24) is 4.98 Å². The summed E-state index contributed by atoms with van der Waals surface area (Å²) >= 11 is 0. The molecule has 5 heteroatoms. The maximum Gasteiger partial charge on any atom is 0.266 e. The van der Waals surface area contributed by atoms with E-state index in [0.29, 0.717) is 41.5 Å². The van der Waals surface area contributed by atoms with Crippen molar-refractivity contribution in [2.75, 3.05) is 13.2 Å². The molecule has 1 N–H and O–H groups in total. The SMILES string of the molecule is CCOc1ccc(OCC)c(-c2cc(-c3cccc(C)c3)[nH]c(=O)c2C#N)c1. The number of nitrogens with zero attached hydrogens (tertiary/aromatic N) is 1. The van der Waals surface area contributed by atoms with Crippen LogP contribution in [-0.4, -0.2) is 18.2 Å². The second-order valence-corrected chi connectivity index (χ2v) is 6.31. The topological polar surface area (TPSA) is 75.1 Å². The first-order valence-corrected chi connectivity index (χ1v) is 9.21. The largest absolute Gasteiger partial charge is 0.494 e. The van der Waals surface area contributed by atoms with Crippen molar-refractivity contribution in [3.05, 3.63) is 70.0 Å². The molecule has 0 atom stereocenters. The molecule has 142 valence electrons. The van der Waals surface area contributed by atoms with Gasteiger partial charge >= 0.3 is 0 Å². The van der Waals surface area contributed by atoms with E-state index < -0.39 is 5.56 Å². The molecule has 0 bridgehead atoms. The maximum atomic E-state index is 12.7. The average Bonchev–Trinajstić information content (AvgIpc) is 2.69. The Morgan fingerprint density at radius 3 is 2.46 bits per heavy atom. The third kappa shape index (κ3) is 3.91. The minimum atomic E-state index is -0.430. The van der Waals surface area contributed by atoms with Crippen LogP contribution in [0.4, 0.5) is 0 Å². The molecular weight excluding hydrogens is 352 g/mol. The fourth-order valence-corrected chi connectivity index (χ4v) is 3.11. The number of hydrogen-bond acceptors (Lipinski definition) is 4. The fraction of sp³-hybridized carbons (Fsp3) is 0.217. The Hall–Kier alpha value is -3.52. The van der Waals surface area contributed by atoms with Gasteiger partial charge in [-0.1, -0.05) is 23.8 Å². The maximum absolute atomic E-state index is 12.7. The quantitative estimate of drug-likeness (QED) is 0.679. The van der Waals surface area contributed by atoms with Gasteiger partial charge in [0.1, 0.15) is 23.1 Å². The van der Waals surface area contributed by atoms with Crippen molar-refractivity contribution in [2.24, 2.45) is 0 Å². The molecule has 0 amide bonds. The molecule has 0 spiro atoms. The molecule has 3 rings (SSSR count). The summed E-state index contributed by atoms with van der Waals surface area (Å²) in [6.07, 6.45) is 0. The van der Waals surface area contributed by atoms with Crippen molar-refractivity contribution >= 4 is 0 Å². The highest BCUT2D eigenvalue weighted by Gasteiger charge is 2.17. The van der Waals surface area contributed by atoms with Crippen molar-refractivity contribution < 1.29 is 9.47 Å². The van der Waals surface area contributed by atoms with Crippen molar-refractivity contribution in [3.8, 4) is 40.0 Å². The van der Waals surface area contributed by atoms with Gasteiger partial charge in [-0.15, -0.1) is 0 Å². The Kier molecular flexibility index (Phi) is 5.81. The van der Waals surface area contributed by atoms with E-state index in [1.807, 2.05) is 69.3 Å². The normalized spacial score (nSPS) is 10.4. The van der Waals surface area contributed by atoms with E-state index in [9.17, 15) is 10.1 Å². The number of aryl methyl sites for hydroxylation is 1. The monoisotopic (exact) mass is 374 g/mol. The number of aromatic amines is 1. The lowest BCUT2D eigenvalue weighted by Crippen LogP contribution is -2.13.